The first-order chi connectivity index (χ1) is 6.12. The van der Waals surface area contributed by atoms with Crippen LogP contribution in [0.2, 0.25) is 0 Å². The van der Waals surface area contributed by atoms with Gasteiger partial charge in [-0.3, -0.25) is 0 Å². The molecular weight excluding hydrogens is 188 g/mol. The minimum absolute atomic E-state index is 0.138. The van der Waals surface area contributed by atoms with Crippen molar-refractivity contribution in [1.29, 1.82) is 0 Å². The van der Waals surface area contributed by atoms with Gasteiger partial charge in [0.25, 0.3) is 0 Å². The molecule has 0 radical (unpaired) electrons. The van der Waals surface area contributed by atoms with E-state index in [9.17, 15) is 8.42 Å². The van der Waals surface area contributed by atoms with E-state index in [1.165, 1.54) is 0 Å². The quantitative estimate of drug-likeness (QED) is 0.458. The maximum absolute atomic E-state index is 11.2. The van der Waals surface area contributed by atoms with Crippen LogP contribution in [0.3, 0.4) is 0 Å². The molecule has 0 rings (SSSR count). The molecular formula is C8H18N2O2S. The summed E-state index contributed by atoms with van der Waals surface area (Å²) in [6, 6.07) is 0. The van der Waals surface area contributed by atoms with Gasteiger partial charge in [0.1, 0.15) is 0 Å². The van der Waals surface area contributed by atoms with E-state index < -0.39 is 10.0 Å². The van der Waals surface area contributed by atoms with Crippen LogP contribution in [0.1, 0.15) is 13.3 Å². The minimum atomic E-state index is -3.07. The van der Waals surface area contributed by atoms with E-state index in [0.717, 1.165) is 6.42 Å². The highest BCUT2D eigenvalue weighted by Gasteiger charge is 2.06. The van der Waals surface area contributed by atoms with E-state index in [4.69, 9.17) is 0 Å². The van der Waals surface area contributed by atoms with E-state index >= 15 is 0 Å². The van der Waals surface area contributed by atoms with Crippen LogP contribution < -0.4 is 10.0 Å². The van der Waals surface area contributed by atoms with Crippen LogP contribution in [-0.4, -0.2) is 34.3 Å². The third-order valence-corrected chi connectivity index (χ3v) is 2.88. The van der Waals surface area contributed by atoms with Gasteiger partial charge in [0.2, 0.25) is 10.0 Å². The number of hydrogen-bond donors (Lipinski definition) is 2. The molecule has 0 aliphatic carbocycles. The van der Waals surface area contributed by atoms with E-state index in [2.05, 4.69) is 10.0 Å². The second kappa shape index (κ2) is 7.06. The van der Waals surface area contributed by atoms with Crippen molar-refractivity contribution in [3.8, 4) is 0 Å². The van der Waals surface area contributed by atoms with Gasteiger partial charge in [-0.2, -0.15) is 0 Å². The lowest BCUT2D eigenvalue weighted by molar-refractivity contribution is 0.579. The van der Waals surface area contributed by atoms with Gasteiger partial charge in [0, 0.05) is 13.1 Å². The van der Waals surface area contributed by atoms with Crippen molar-refractivity contribution in [2.45, 2.75) is 13.3 Å². The molecule has 0 bridgehead atoms. The van der Waals surface area contributed by atoms with Gasteiger partial charge in [-0.25, -0.2) is 13.1 Å². The van der Waals surface area contributed by atoms with Gasteiger partial charge in [0.05, 0.1) is 5.75 Å². The molecule has 0 aliphatic rings. The Bertz CT molecular complexity index is 235. The summed E-state index contributed by atoms with van der Waals surface area (Å²) in [4.78, 5) is 0. The molecule has 0 spiro atoms. The number of nitrogens with one attached hydrogen (secondary N) is 2. The van der Waals surface area contributed by atoms with Crippen molar-refractivity contribution in [2.24, 2.45) is 0 Å². The molecule has 0 heterocycles. The van der Waals surface area contributed by atoms with Crippen LogP contribution in [0.4, 0.5) is 0 Å². The zero-order chi connectivity index (χ0) is 10.2. The normalized spacial score (nSPS) is 12.5. The van der Waals surface area contributed by atoms with Gasteiger partial charge in [-0.05, 0) is 20.4 Å². The monoisotopic (exact) mass is 206 g/mol. The van der Waals surface area contributed by atoms with Crippen LogP contribution in [0, 0.1) is 0 Å². The Hall–Kier alpha value is -0.390. The van der Waals surface area contributed by atoms with Gasteiger partial charge >= 0.3 is 0 Å². The summed E-state index contributed by atoms with van der Waals surface area (Å²) in [6.45, 7) is 2.88. The molecule has 5 heteroatoms. The van der Waals surface area contributed by atoms with Crippen molar-refractivity contribution in [3.05, 3.63) is 12.2 Å². The molecule has 0 saturated heterocycles. The lowest BCUT2D eigenvalue weighted by atomic mass is 10.4. The molecule has 0 amide bonds. The minimum Gasteiger partial charge on any atom is -0.319 e. The molecule has 0 aromatic carbocycles. The topological polar surface area (TPSA) is 58.2 Å². The molecule has 0 aromatic heterocycles. The summed E-state index contributed by atoms with van der Waals surface area (Å²) >= 11 is 0. The summed E-state index contributed by atoms with van der Waals surface area (Å²) in [6.07, 6.45) is 4.58. The number of rotatable bonds is 7. The number of allylic oxidation sites excluding steroid dienone is 1. The Labute approximate surface area is 80.5 Å². The Kier molecular flexibility index (Phi) is 6.84. The molecule has 0 aromatic rings. The molecule has 0 saturated carbocycles. The van der Waals surface area contributed by atoms with Gasteiger partial charge in [-0.1, -0.05) is 12.2 Å². The predicted octanol–water partition coefficient (Wildman–Crippen LogP) is 0.0914. The van der Waals surface area contributed by atoms with Crippen LogP contribution in [0.15, 0.2) is 12.2 Å². The Morgan fingerprint density at radius 3 is 2.54 bits per heavy atom. The summed E-state index contributed by atoms with van der Waals surface area (Å²) in [7, 11) is -1.34. The van der Waals surface area contributed by atoms with Crippen molar-refractivity contribution >= 4 is 10.0 Å². The molecule has 0 aliphatic heterocycles. The van der Waals surface area contributed by atoms with Gasteiger partial charge in [-0.15, -0.1) is 0 Å². The first-order valence-corrected chi connectivity index (χ1v) is 6.00. The highest BCUT2D eigenvalue weighted by Crippen LogP contribution is 1.85. The first-order valence-electron chi connectivity index (χ1n) is 4.35. The van der Waals surface area contributed by atoms with E-state index in [1.54, 1.807) is 7.05 Å². The smallest absolute Gasteiger partial charge is 0.212 e. The zero-order valence-corrected chi connectivity index (χ0v) is 9.02. The van der Waals surface area contributed by atoms with E-state index in [1.807, 2.05) is 19.1 Å². The average Bonchev–Trinajstić information content (AvgIpc) is 2.09. The van der Waals surface area contributed by atoms with Crippen molar-refractivity contribution in [2.75, 3.05) is 25.9 Å². The fourth-order valence-electron chi connectivity index (χ4n) is 0.773. The molecule has 78 valence electrons. The van der Waals surface area contributed by atoms with Crippen LogP contribution in [0.5, 0.6) is 0 Å². The molecule has 4 nitrogen and oxygen atoms in total. The largest absolute Gasteiger partial charge is 0.319 e. The maximum Gasteiger partial charge on any atom is 0.212 e. The summed E-state index contributed by atoms with van der Waals surface area (Å²) in [5, 5.41) is 2.79. The van der Waals surface area contributed by atoms with E-state index in [0.29, 0.717) is 13.1 Å². The molecule has 2 N–H and O–H groups in total. The van der Waals surface area contributed by atoms with Gasteiger partial charge < -0.3 is 5.32 Å². The third kappa shape index (κ3) is 7.95. The second-order valence-corrected chi connectivity index (χ2v) is 4.60. The standard InChI is InChI=1S/C8H18N2O2S/c1-3-4-5-6-10-13(11,12)8-7-9-2/h3-4,9-10H,5-8H2,1-2H3/b4-3+. The summed E-state index contributed by atoms with van der Waals surface area (Å²) in [5.41, 5.74) is 0. The van der Waals surface area contributed by atoms with Crippen LogP contribution >= 0.6 is 0 Å². The van der Waals surface area contributed by atoms with Crippen molar-refractivity contribution in [1.82, 2.24) is 10.0 Å². The SMILES string of the molecule is C/C=C/CCNS(=O)(=O)CCNC. The molecule has 0 atom stereocenters. The van der Waals surface area contributed by atoms with Crippen molar-refractivity contribution < 1.29 is 8.42 Å². The summed E-state index contributed by atoms with van der Waals surface area (Å²) in [5.74, 6) is 0.138. The van der Waals surface area contributed by atoms with Crippen molar-refractivity contribution in [3.63, 3.8) is 0 Å². The van der Waals surface area contributed by atoms with Crippen LogP contribution in [0.25, 0.3) is 0 Å². The third-order valence-electron chi connectivity index (χ3n) is 1.49. The highest BCUT2D eigenvalue weighted by molar-refractivity contribution is 7.89. The predicted molar refractivity (Wildman–Crippen MR) is 55.1 cm³/mol. The number of hydrogen-bond acceptors (Lipinski definition) is 3. The Balaban J connectivity index is 3.63. The molecule has 0 fully saturated rings. The van der Waals surface area contributed by atoms with E-state index in [-0.39, 0.29) is 5.75 Å². The Morgan fingerprint density at radius 2 is 2.00 bits per heavy atom. The first kappa shape index (κ1) is 12.6. The molecule has 13 heavy (non-hydrogen) atoms. The van der Waals surface area contributed by atoms with Crippen LogP contribution in [-0.2, 0) is 10.0 Å². The maximum atomic E-state index is 11.2. The lowest BCUT2D eigenvalue weighted by Crippen LogP contribution is -2.31. The highest BCUT2D eigenvalue weighted by atomic mass is 32.2. The summed E-state index contributed by atoms with van der Waals surface area (Å²) < 4.78 is 24.9. The average molecular weight is 206 g/mol. The fourth-order valence-corrected chi connectivity index (χ4v) is 1.82. The fraction of sp³-hybridized carbons (Fsp3) is 0.750. The Morgan fingerprint density at radius 1 is 1.31 bits per heavy atom. The molecule has 0 unspecified atom stereocenters. The van der Waals surface area contributed by atoms with Gasteiger partial charge in [0.15, 0.2) is 0 Å². The number of sulfonamides is 1. The zero-order valence-electron chi connectivity index (χ0n) is 8.21. The second-order valence-electron chi connectivity index (χ2n) is 2.67. The lowest BCUT2D eigenvalue weighted by Gasteiger charge is -2.04.